The largest absolute Gasteiger partial charge is 0.354 e. The van der Waals surface area contributed by atoms with Gasteiger partial charge in [-0.25, -0.2) is 0 Å². The van der Waals surface area contributed by atoms with Gasteiger partial charge in [0.15, 0.2) is 0 Å². The van der Waals surface area contributed by atoms with Gasteiger partial charge in [-0.05, 0) is 44.1 Å². The van der Waals surface area contributed by atoms with E-state index in [9.17, 15) is 4.79 Å². The second-order valence-corrected chi connectivity index (χ2v) is 6.47. The minimum Gasteiger partial charge on any atom is -0.354 e. The van der Waals surface area contributed by atoms with Gasteiger partial charge in [0, 0.05) is 24.0 Å². The highest BCUT2D eigenvalue weighted by atomic mass is 35.5. The molecule has 2 unspecified atom stereocenters. The summed E-state index contributed by atoms with van der Waals surface area (Å²) in [6, 6.07) is 8.35. The molecule has 0 radical (unpaired) electrons. The van der Waals surface area contributed by atoms with Crippen LogP contribution in [0.15, 0.2) is 24.3 Å². The first-order valence-electron chi connectivity index (χ1n) is 8.64. The molecule has 128 valence electrons. The number of nitrogens with one attached hydrogen (secondary N) is 2. The molecule has 1 fully saturated rings. The van der Waals surface area contributed by atoms with E-state index in [1.165, 1.54) is 6.42 Å². The molecular weight excluding hydrogens is 310 g/mol. The number of hydrogen-bond acceptors (Lipinski definition) is 3. The number of carbonyl (C=O) groups excluding carboxylic acids is 1. The Morgan fingerprint density at radius 1 is 1.39 bits per heavy atom. The molecule has 23 heavy (non-hydrogen) atoms. The highest BCUT2D eigenvalue weighted by Crippen LogP contribution is 2.27. The third-order valence-corrected chi connectivity index (χ3v) is 4.95. The van der Waals surface area contributed by atoms with Crippen molar-refractivity contribution in [3.8, 4) is 0 Å². The van der Waals surface area contributed by atoms with Gasteiger partial charge >= 0.3 is 0 Å². The summed E-state index contributed by atoms with van der Waals surface area (Å²) in [7, 11) is 0. The highest BCUT2D eigenvalue weighted by Gasteiger charge is 2.22. The van der Waals surface area contributed by atoms with Crippen LogP contribution in [0.25, 0.3) is 0 Å². The van der Waals surface area contributed by atoms with Crippen LogP contribution in [-0.4, -0.2) is 43.0 Å². The van der Waals surface area contributed by atoms with Gasteiger partial charge in [-0.3, -0.25) is 9.69 Å². The monoisotopic (exact) mass is 337 g/mol. The van der Waals surface area contributed by atoms with Crippen molar-refractivity contribution in [2.75, 3.05) is 26.2 Å². The first kappa shape index (κ1) is 18.2. The fourth-order valence-corrected chi connectivity index (χ4v) is 3.54. The van der Waals surface area contributed by atoms with Gasteiger partial charge in [0.25, 0.3) is 0 Å². The van der Waals surface area contributed by atoms with E-state index in [0.29, 0.717) is 19.0 Å². The van der Waals surface area contributed by atoms with E-state index in [1.54, 1.807) is 0 Å². The quantitative estimate of drug-likeness (QED) is 0.766. The van der Waals surface area contributed by atoms with Crippen LogP contribution in [0.2, 0.25) is 5.02 Å². The summed E-state index contributed by atoms with van der Waals surface area (Å²) in [6.45, 7) is 7.74. The zero-order valence-electron chi connectivity index (χ0n) is 14.1. The summed E-state index contributed by atoms with van der Waals surface area (Å²) >= 11 is 6.38. The fraction of sp³-hybridized carbons (Fsp3) is 0.611. The Morgan fingerprint density at radius 3 is 2.74 bits per heavy atom. The van der Waals surface area contributed by atoms with Gasteiger partial charge in [-0.2, -0.15) is 0 Å². The van der Waals surface area contributed by atoms with Gasteiger partial charge in [-0.1, -0.05) is 43.6 Å². The van der Waals surface area contributed by atoms with Crippen LogP contribution >= 0.6 is 11.6 Å². The van der Waals surface area contributed by atoms with Crippen molar-refractivity contribution in [3.05, 3.63) is 34.9 Å². The van der Waals surface area contributed by atoms with Crippen molar-refractivity contribution >= 4 is 17.5 Å². The molecule has 4 nitrogen and oxygen atoms in total. The number of halogens is 1. The maximum atomic E-state index is 12.2. The molecule has 1 aliphatic heterocycles. The molecule has 1 heterocycles. The number of hydrogen-bond donors (Lipinski definition) is 2. The predicted molar refractivity (Wildman–Crippen MR) is 95.8 cm³/mol. The second kappa shape index (κ2) is 9.26. The summed E-state index contributed by atoms with van der Waals surface area (Å²) < 4.78 is 0. The molecule has 2 rings (SSSR count). The van der Waals surface area contributed by atoms with E-state index in [1.807, 2.05) is 18.2 Å². The van der Waals surface area contributed by atoms with E-state index >= 15 is 0 Å². The lowest BCUT2D eigenvalue weighted by molar-refractivity contribution is -0.121. The Morgan fingerprint density at radius 2 is 2.13 bits per heavy atom. The van der Waals surface area contributed by atoms with E-state index in [-0.39, 0.29) is 11.9 Å². The molecule has 1 amide bonds. The Balaban J connectivity index is 2.00. The molecule has 0 aliphatic carbocycles. The topological polar surface area (TPSA) is 44.4 Å². The summed E-state index contributed by atoms with van der Waals surface area (Å²) in [5, 5.41) is 7.23. The number of carbonyl (C=O) groups is 1. The lowest BCUT2D eigenvalue weighted by Crippen LogP contribution is -2.39. The highest BCUT2D eigenvalue weighted by molar-refractivity contribution is 6.31. The third-order valence-electron chi connectivity index (χ3n) is 4.60. The first-order chi connectivity index (χ1) is 11.2. The van der Waals surface area contributed by atoms with Crippen LogP contribution in [0.1, 0.15) is 44.7 Å². The third kappa shape index (κ3) is 5.20. The van der Waals surface area contributed by atoms with Gasteiger partial charge in [-0.15, -0.1) is 0 Å². The van der Waals surface area contributed by atoms with Crippen molar-refractivity contribution in [2.45, 2.75) is 45.2 Å². The summed E-state index contributed by atoms with van der Waals surface area (Å²) in [6.07, 6.45) is 2.82. The minimum absolute atomic E-state index is 0.110. The standard InChI is InChI=1S/C18H28ClN3O/c1-3-22(4-2)17(15-9-5-6-10-16(15)19)13-21-18(23)12-14-8-7-11-20-14/h5-6,9-10,14,17,20H,3-4,7-8,11-13H2,1-2H3,(H,21,23). The summed E-state index contributed by atoms with van der Waals surface area (Å²) in [5.74, 6) is 0.119. The minimum atomic E-state index is 0.110. The second-order valence-electron chi connectivity index (χ2n) is 6.06. The van der Waals surface area contributed by atoms with Crippen molar-refractivity contribution in [2.24, 2.45) is 0 Å². The molecule has 0 bridgehead atoms. The smallest absolute Gasteiger partial charge is 0.221 e. The maximum Gasteiger partial charge on any atom is 0.221 e. The van der Waals surface area contributed by atoms with Gasteiger partial charge in [0.05, 0.1) is 6.04 Å². The zero-order chi connectivity index (χ0) is 16.7. The molecule has 1 saturated heterocycles. The summed E-state index contributed by atoms with van der Waals surface area (Å²) in [4.78, 5) is 14.5. The molecule has 1 aliphatic rings. The van der Waals surface area contributed by atoms with Crippen LogP contribution in [-0.2, 0) is 4.79 Å². The summed E-state index contributed by atoms with van der Waals surface area (Å²) in [5.41, 5.74) is 1.08. The molecule has 5 heteroatoms. The Labute approximate surface area is 144 Å². The van der Waals surface area contributed by atoms with Crippen molar-refractivity contribution in [1.82, 2.24) is 15.5 Å². The van der Waals surface area contributed by atoms with Crippen LogP contribution in [0.3, 0.4) is 0 Å². The predicted octanol–water partition coefficient (Wildman–Crippen LogP) is 2.98. The average molecular weight is 338 g/mol. The lowest BCUT2D eigenvalue weighted by Gasteiger charge is -2.31. The maximum absolute atomic E-state index is 12.2. The normalized spacial score (nSPS) is 19.0. The van der Waals surface area contributed by atoms with Crippen molar-refractivity contribution in [1.29, 1.82) is 0 Å². The number of benzene rings is 1. The Bertz CT molecular complexity index is 499. The van der Waals surface area contributed by atoms with E-state index in [4.69, 9.17) is 11.6 Å². The van der Waals surface area contributed by atoms with Gasteiger partial charge in [0.2, 0.25) is 5.91 Å². The van der Waals surface area contributed by atoms with E-state index < -0.39 is 0 Å². The SMILES string of the molecule is CCN(CC)C(CNC(=O)CC1CCCN1)c1ccccc1Cl. The van der Waals surface area contributed by atoms with Crippen LogP contribution < -0.4 is 10.6 Å². The molecule has 1 aromatic carbocycles. The zero-order valence-corrected chi connectivity index (χ0v) is 14.9. The molecule has 0 aromatic heterocycles. The molecule has 0 saturated carbocycles. The van der Waals surface area contributed by atoms with Crippen LogP contribution in [0.4, 0.5) is 0 Å². The molecule has 2 N–H and O–H groups in total. The first-order valence-corrected chi connectivity index (χ1v) is 9.02. The molecular formula is C18H28ClN3O. The number of rotatable bonds is 8. The van der Waals surface area contributed by atoms with Crippen LogP contribution in [0.5, 0.6) is 0 Å². The fourth-order valence-electron chi connectivity index (χ4n) is 3.28. The van der Waals surface area contributed by atoms with E-state index in [0.717, 1.165) is 36.6 Å². The molecule has 0 spiro atoms. The average Bonchev–Trinajstić information content (AvgIpc) is 3.05. The van der Waals surface area contributed by atoms with Gasteiger partial charge < -0.3 is 10.6 Å². The van der Waals surface area contributed by atoms with Crippen molar-refractivity contribution < 1.29 is 4.79 Å². The van der Waals surface area contributed by atoms with Crippen molar-refractivity contribution in [3.63, 3.8) is 0 Å². The molecule has 1 aromatic rings. The Kier molecular flexibility index (Phi) is 7.34. The molecule has 2 atom stereocenters. The Hall–Kier alpha value is -1.10. The number of likely N-dealkylation sites (N-methyl/N-ethyl adjacent to an activating group) is 1. The van der Waals surface area contributed by atoms with Crippen LogP contribution in [0, 0.1) is 0 Å². The van der Waals surface area contributed by atoms with Gasteiger partial charge in [0.1, 0.15) is 0 Å². The van der Waals surface area contributed by atoms with E-state index in [2.05, 4.69) is 35.4 Å². The lowest BCUT2D eigenvalue weighted by atomic mass is 10.0. The number of amides is 1. The number of nitrogens with zero attached hydrogens (tertiary/aromatic N) is 1.